The van der Waals surface area contributed by atoms with Gasteiger partial charge in [-0.25, -0.2) is 0 Å². The van der Waals surface area contributed by atoms with Gasteiger partial charge in [-0.15, -0.1) is 0 Å². The second-order valence-corrected chi connectivity index (χ2v) is 7.30. The minimum atomic E-state index is -0.252. The molecule has 2 rings (SSSR count). The zero-order valence-corrected chi connectivity index (χ0v) is 18.4. The SMILES string of the molecule is C/C=C\C(=C/C1=C(C)C(=O)N(CCC(=O)OCCC)CC1)OCC1=CCC=CC=C1. The molecule has 0 fully saturated rings. The molecule has 0 bridgehead atoms. The maximum Gasteiger partial charge on any atom is 0.307 e. The van der Waals surface area contributed by atoms with Crippen molar-refractivity contribution in [3.63, 3.8) is 0 Å². The summed E-state index contributed by atoms with van der Waals surface area (Å²) in [5.41, 5.74) is 2.80. The highest BCUT2D eigenvalue weighted by Crippen LogP contribution is 2.23. The fourth-order valence-corrected chi connectivity index (χ4v) is 3.20. The van der Waals surface area contributed by atoms with Gasteiger partial charge in [-0.2, -0.15) is 0 Å². The van der Waals surface area contributed by atoms with Crippen LogP contribution in [0.5, 0.6) is 0 Å². The molecule has 162 valence electrons. The largest absolute Gasteiger partial charge is 0.489 e. The molecule has 0 atom stereocenters. The minimum Gasteiger partial charge on any atom is -0.489 e. The van der Waals surface area contributed by atoms with Gasteiger partial charge >= 0.3 is 5.97 Å². The van der Waals surface area contributed by atoms with Crippen LogP contribution in [0.25, 0.3) is 0 Å². The van der Waals surface area contributed by atoms with Crippen LogP contribution in [0.4, 0.5) is 0 Å². The molecule has 0 N–H and O–H groups in total. The molecule has 2 aliphatic rings. The molecule has 1 heterocycles. The van der Waals surface area contributed by atoms with Crippen LogP contribution in [0.1, 0.15) is 46.5 Å². The van der Waals surface area contributed by atoms with Crippen LogP contribution in [0, 0.1) is 0 Å². The summed E-state index contributed by atoms with van der Waals surface area (Å²) in [6.07, 6.45) is 18.8. The predicted molar refractivity (Wildman–Crippen MR) is 120 cm³/mol. The minimum absolute atomic E-state index is 0.0314. The van der Waals surface area contributed by atoms with E-state index < -0.39 is 0 Å². The molecule has 1 amide bonds. The highest BCUT2D eigenvalue weighted by atomic mass is 16.5. The standard InChI is InChI=1S/C25H33NO4/c1-4-10-23(30-19-21-11-8-6-7-9-12-21)18-22-13-15-26(25(28)20(22)3)16-14-24(27)29-17-5-2/h4,6-8,10-12,18H,5,9,13-17,19H2,1-3H3/b10-4-,23-18+. The Morgan fingerprint density at radius 1 is 1.27 bits per heavy atom. The van der Waals surface area contributed by atoms with Gasteiger partial charge in [0.15, 0.2) is 0 Å². The molecule has 5 heteroatoms. The zero-order chi connectivity index (χ0) is 21.8. The van der Waals surface area contributed by atoms with Crippen molar-refractivity contribution in [1.29, 1.82) is 0 Å². The summed E-state index contributed by atoms with van der Waals surface area (Å²) in [5, 5.41) is 0. The molecule has 0 aromatic rings. The molecule has 0 aromatic carbocycles. The Balaban J connectivity index is 2.00. The Morgan fingerprint density at radius 2 is 2.10 bits per heavy atom. The molecular weight excluding hydrogens is 378 g/mol. The summed E-state index contributed by atoms with van der Waals surface area (Å²) in [7, 11) is 0. The van der Waals surface area contributed by atoms with E-state index in [2.05, 4.69) is 18.2 Å². The fourth-order valence-electron chi connectivity index (χ4n) is 3.20. The average molecular weight is 412 g/mol. The summed E-state index contributed by atoms with van der Waals surface area (Å²) < 4.78 is 11.1. The summed E-state index contributed by atoms with van der Waals surface area (Å²) in [6, 6.07) is 0. The summed E-state index contributed by atoms with van der Waals surface area (Å²) in [5.74, 6) is 0.455. The Morgan fingerprint density at radius 3 is 2.87 bits per heavy atom. The summed E-state index contributed by atoms with van der Waals surface area (Å²) in [4.78, 5) is 26.2. The first-order valence-corrected chi connectivity index (χ1v) is 10.7. The molecule has 30 heavy (non-hydrogen) atoms. The number of carbonyl (C=O) groups is 2. The lowest BCUT2D eigenvalue weighted by atomic mass is 9.99. The van der Waals surface area contributed by atoms with E-state index in [9.17, 15) is 9.59 Å². The molecule has 0 radical (unpaired) electrons. The first kappa shape index (κ1) is 23.5. The lowest BCUT2D eigenvalue weighted by Crippen LogP contribution is -2.38. The second kappa shape index (κ2) is 12.7. The number of allylic oxidation sites excluding steroid dienone is 7. The molecule has 0 spiro atoms. The highest BCUT2D eigenvalue weighted by molar-refractivity contribution is 5.95. The van der Waals surface area contributed by atoms with Gasteiger partial charge in [0.05, 0.1) is 13.0 Å². The Kier molecular flexibility index (Phi) is 9.92. The normalized spacial score (nSPS) is 17.4. The quantitative estimate of drug-likeness (QED) is 0.294. The van der Waals surface area contributed by atoms with Crippen LogP contribution in [-0.2, 0) is 19.1 Å². The van der Waals surface area contributed by atoms with Gasteiger partial charge in [0.25, 0.3) is 0 Å². The molecule has 1 aliphatic carbocycles. The van der Waals surface area contributed by atoms with E-state index in [1.54, 1.807) is 4.90 Å². The number of esters is 1. The molecule has 0 saturated carbocycles. The van der Waals surface area contributed by atoms with Gasteiger partial charge in [0.2, 0.25) is 5.91 Å². The van der Waals surface area contributed by atoms with E-state index in [1.165, 1.54) is 0 Å². The van der Waals surface area contributed by atoms with Crippen LogP contribution in [-0.4, -0.2) is 43.1 Å². The van der Waals surface area contributed by atoms with E-state index in [0.29, 0.717) is 31.9 Å². The third-order valence-electron chi connectivity index (χ3n) is 4.92. The van der Waals surface area contributed by atoms with Crippen LogP contribution in [0.2, 0.25) is 0 Å². The van der Waals surface area contributed by atoms with Gasteiger partial charge in [0, 0.05) is 18.7 Å². The molecule has 1 aliphatic heterocycles. The van der Waals surface area contributed by atoms with Gasteiger partial charge in [-0.05, 0) is 56.4 Å². The Bertz CT molecular complexity index is 796. The van der Waals surface area contributed by atoms with Crippen molar-refractivity contribution in [3.8, 4) is 0 Å². The number of amides is 1. The van der Waals surface area contributed by atoms with E-state index in [1.807, 2.05) is 51.2 Å². The summed E-state index contributed by atoms with van der Waals surface area (Å²) >= 11 is 0. The molecular formula is C25H33NO4. The van der Waals surface area contributed by atoms with Crippen molar-refractivity contribution >= 4 is 11.9 Å². The monoisotopic (exact) mass is 411 g/mol. The van der Waals surface area contributed by atoms with E-state index in [4.69, 9.17) is 9.47 Å². The van der Waals surface area contributed by atoms with Gasteiger partial charge in [-0.3, -0.25) is 9.59 Å². The van der Waals surface area contributed by atoms with Crippen molar-refractivity contribution in [2.24, 2.45) is 0 Å². The van der Waals surface area contributed by atoms with Gasteiger partial charge < -0.3 is 14.4 Å². The first-order chi connectivity index (χ1) is 14.5. The van der Waals surface area contributed by atoms with Crippen molar-refractivity contribution in [2.45, 2.75) is 46.5 Å². The third-order valence-corrected chi connectivity index (χ3v) is 4.92. The van der Waals surface area contributed by atoms with E-state index in [0.717, 1.165) is 36.2 Å². The third kappa shape index (κ3) is 7.54. The van der Waals surface area contributed by atoms with Gasteiger partial charge in [0.1, 0.15) is 12.4 Å². The van der Waals surface area contributed by atoms with Crippen LogP contribution in [0.15, 0.2) is 71.1 Å². The van der Waals surface area contributed by atoms with Gasteiger partial charge in [-0.1, -0.05) is 43.4 Å². The van der Waals surface area contributed by atoms with Crippen LogP contribution in [0.3, 0.4) is 0 Å². The van der Waals surface area contributed by atoms with Crippen LogP contribution >= 0.6 is 0 Å². The van der Waals surface area contributed by atoms with Crippen molar-refractivity contribution in [1.82, 2.24) is 4.90 Å². The lowest BCUT2D eigenvalue weighted by molar-refractivity contribution is -0.144. The number of carbonyl (C=O) groups excluding carboxylic acids is 2. The summed E-state index contributed by atoms with van der Waals surface area (Å²) in [6.45, 7) is 7.63. The van der Waals surface area contributed by atoms with Crippen molar-refractivity contribution < 1.29 is 19.1 Å². The maximum atomic E-state index is 12.7. The molecule has 0 unspecified atom stereocenters. The number of ether oxygens (including phenoxy) is 2. The number of nitrogens with zero attached hydrogens (tertiary/aromatic N) is 1. The maximum absolute atomic E-state index is 12.7. The highest BCUT2D eigenvalue weighted by Gasteiger charge is 2.24. The smallest absolute Gasteiger partial charge is 0.307 e. The topological polar surface area (TPSA) is 55.8 Å². The van der Waals surface area contributed by atoms with Crippen molar-refractivity contribution in [3.05, 3.63) is 71.1 Å². The number of hydrogen-bond donors (Lipinski definition) is 0. The average Bonchev–Trinajstić information content (AvgIpc) is 3.02. The first-order valence-electron chi connectivity index (χ1n) is 10.7. The van der Waals surface area contributed by atoms with Crippen molar-refractivity contribution in [2.75, 3.05) is 26.3 Å². The number of rotatable bonds is 10. The molecule has 0 saturated heterocycles. The van der Waals surface area contributed by atoms with E-state index >= 15 is 0 Å². The van der Waals surface area contributed by atoms with Crippen LogP contribution < -0.4 is 0 Å². The molecule has 0 aromatic heterocycles. The second-order valence-electron chi connectivity index (χ2n) is 7.30. The lowest BCUT2D eigenvalue weighted by Gasteiger charge is -2.28. The number of hydrogen-bond acceptors (Lipinski definition) is 4. The van der Waals surface area contributed by atoms with E-state index in [-0.39, 0.29) is 18.3 Å². The fraction of sp³-hybridized carbons (Fsp3) is 0.440. The molecule has 5 nitrogen and oxygen atoms in total. The Hall–Kier alpha value is -2.82. The zero-order valence-electron chi connectivity index (χ0n) is 18.4. The Labute approximate surface area is 180 Å². The predicted octanol–water partition coefficient (Wildman–Crippen LogP) is 4.80.